The van der Waals surface area contributed by atoms with Crippen LogP contribution >= 0.6 is 23.1 Å². The number of thioether (sulfide) groups is 1. The normalized spacial score (nSPS) is 18.1. The van der Waals surface area contributed by atoms with Crippen molar-refractivity contribution in [1.82, 2.24) is 5.32 Å². The molecule has 0 spiro atoms. The fraction of sp³-hybridized carbons (Fsp3) is 0.556. The summed E-state index contributed by atoms with van der Waals surface area (Å²) in [5.74, 6) is 3.66. The summed E-state index contributed by atoms with van der Waals surface area (Å²) in [6.45, 7) is 3.31. The molecular formula is C18H25NS2. The van der Waals surface area contributed by atoms with E-state index in [1.807, 2.05) is 11.3 Å². The van der Waals surface area contributed by atoms with Crippen LogP contribution < -0.4 is 5.32 Å². The number of fused-ring (bicyclic) bond motifs is 1. The monoisotopic (exact) mass is 319 g/mol. The quantitative estimate of drug-likeness (QED) is 0.808. The zero-order valence-corrected chi connectivity index (χ0v) is 14.4. The maximum absolute atomic E-state index is 3.73. The Morgan fingerprint density at radius 3 is 2.86 bits per heavy atom. The van der Waals surface area contributed by atoms with Gasteiger partial charge in [-0.05, 0) is 72.0 Å². The van der Waals surface area contributed by atoms with Crippen molar-refractivity contribution >= 4 is 33.2 Å². The molecule has 1 aliphatic heterocycles. The highest BCUT2D eigenvalue weighted by molar-refractivity contribution is 7.99. The Balaban J connectivity index is 1.69. The second-order valence-electron chi connectivity index (χ2n) is 6.01. The highest BCUT2D eigenvalue weighted by Gasteiger charge is 2.19. The molecule has 1 saturated heterocycles. The van der Waals surface area contributed by atoms with E-state index in [0.717, 1.165) is 12.5 Å². The van der Waals surface area contributed by atoms with Gasteiger partial charge in [0.1, 0.15) is 0 Å². The molecule has 0 radical (unpaired) electrons. The zero-order chi connectivity index (χ0) is 14.5. The van der Waals surface area contributed by atoms with Crippen LogP contribution in [-0.4, -0.2) is 24.1 Å². The van der Waals surface area contributed by atoms with E-state index in [1.165, 1.54) is 52.8 Å². The highest BCUT2D eigenvalue weighted by atomic mass is 32.2. The maximum Gasteiger partial charge on any atom is 0.0345 e. The van der Waals surface area contributed by atoms with Crippen molar-refractivity contribution in [2.75, 3.05) is 18.1 Å². The van der Waals surface area contributed by atoms with Crippen LogP contribution in [0.1, 0.15) is 31.7 Å². The van der Waals surface area contributed by atoms with Gasteiger partial charge in [0.05, 0.1) is 0 Å². The fourth-order valence-electron chi connectivity index (χ4n) is 3.37. The summed E-state index contributed by atoms with van der Waals surface area (Å²) >= 11 is 4.02. The Bertz CT molecular complexity index is 557. The van der Waals surface area contributed by atoms with Crippen molar-refractivity contribution in [2.45, 2.75) is 38.6 Å². The van der Waals surface area contributed by atoms with Gasteiger partial charge in [0.25, 0.3) is 0 Å². The third-order valence-corrected chi connectivity index (χ3v) is 6.54. The van der Waals surface area contributed by atoms with Crippen LogP contribution in [0.15, 0.2) is 29.6 Å². The maximum atomic E-state index is 3.73. The summed E-state index contributed by atoms with van der Waals surface area (Å²) in [6, 6.07) is 9.47. The number of hydrogen-bond donors (Lipinski definition) is 1. The van der Waals surface area contributed by atoms with Gasteiger partial charge in [-0.3, -0.25) is 0 Å². The summed E-state index contributed by atoms with van der Waals surface area (Å²) < 4.78 is 1.43. The first-order chi connectivity index (χ1) is 10.4. The third kappa shape index (κ3) is 4.02. The first-order valence-electron chi connectivity index (χ1n) is 8.13. The second-order valence-corrected chi connectivity index (χ2v) is 8.14. The van der Waals surface area contributed by atoms with Crippen molar-refractivity contribution in [1.29, 1.82) is 0 Å². The van der Waals surface area contributed by atoms with E-state index >= 15 is 0 Å². The number of hydrogen-bond acceptors (Lipinski definition) is 3. The lowest BCUT2D eigenvalue weighted by molar-refractivity contribution is 0.367. The molecule has 1 nitrogen and oxygen atoms in total. The van der Waals surface area contributed by atoms with Crippen molar-refractivity contribution in [2.24, 2.45) is 5.92 Å². The molecule has 2 aromatic rings. The Labute approximate surface area is 136 Å². The average molecular weight is 320 g/mol. The van der Waals surface area contributed by atoms with E-state index in [9.17, 15) is 0 Å². The lowest BCUT2D eigenvalue weighted by Gasteiger charge is -2.27. The minimum Gasteiger partial charge on any atom is -0.314 e. The van der Waals surface area contributed by atoms with Crippen LogP contribution in [-0.2, 0) is 6.42 Å². The molecule has 1 N–H and O–H groups in total. The molecule has 0 aliphatic carbocycles. The Hall–Kier alpha value is -0.510. The van der Waals surface area contributed by atoms with Gasteiger partial charge in [-0.2, -0.15) is 11.8 Å². The van der Waals surface area contributed by atoms with E-state index in [-0.39, 0.29) is 0 Å². The molecular weight excluding hydrogens is 294 g/mol. The van der Waals surface area contributed by atoms with Gasteiger partial charge in [-0.25, -0.2) is 0 Å². The number of likely N-dealkylation sites (N-methyl/N-ethyl adjacent to an activating group) is 1. The minimum absolute atomic E-state index is 0.640. The lowest BCUT2D eigenvalue weighted by atomic mass is 9.91. The standard InChI is InChI=1S/C18H25NS2/c1-2-19-16(11-14-7-9-20-10-8-14)12-15-13-21-18-6-4-3-5-17(15)18/h3-6,13-14,16,19H,2,7-12H2,1H3. The predicted octanol–water partition coefficient (Wildman–Crippen LogP) is 4.96. The van der Waals surface area contributed by atoms with Crippen LogP contribution in [0.4, 0.5) is 0 Å². The van der Waals surface area contributed by atoms with Crippen molar-refractivity contribution in [3.63, 3.8) is 0 Å². The number of nitrogens with one attached hydrogen (secondary N) is 1. The molecule has 0 saturated carbocycles. The van der Waals surface area contributed by atoms with Crippen molar-refractivity contribution in [3.8, 4) is 0 Å². The zero-order valence-electron chi connectivity index (χ0n) is 12.8. The van der Waals surface area contributed by atoms with Crippen molar-refractivity contribution in [3.05, 3.63) is 35.2 Å². The van der Waals surface area contributed by atoms with E-state index in [2.05, 4.69) is 53.6 Å². The molecule has 0 amide bonds. The van der Waals surface area contributed by atoms with E-state index in [0.29, 0.717) is 6.04 Å². The van der Waals surface area contributed by atoms with Crippen molar-refractivity contribution < 1.29 is 0 Å². The fourth-order valence-corrected chi connectivity index (χ4v) is 5.55. The summed E-state index contributed by atoms with van der Waals surface area (Å²) in [6.07, 6.45) is 5.36. The van der Waals surface area contributed by atoms with Gasteiger partial charge < -0.3 is 5.32 Å². The third-order valence-electron chi connectivity index (χ3n) is 4.48. The summed E-state index contributed by atoms with van der Waals surface area (Å²) in [5.41, 5.74) is 1.53. The molecule has 1 aromatic carbocycles. The smallest absolute Gasteiger partial charge is 0.0345 e. The Morgan fingerprint density at radius 1 is 1.24 bits per heavy atom. The molecule has 1 aromatic heterocycles. The van der Waals surface area contributed by atoms with Gasteiger partial charge in [-0.1, -0.05) is 25.1 Å². The van der Waals surface area contributed by atoms with E-state index in [4.69, 9.17) is 0 Å². The highest BCUT2D eigenvalue weighted by Crippen LogP contribution is 2.30. The summed E-state index contributed by atoms with van der Waals surface area (Å²) in [5, 5.41) is 7.56. The van der Waals surface area contributed by atoms with E-state index < -0.39 is 0 Å². The average Bonchev–Trinajstić information content (AvgIpc) is 2.92. The second kappa shape index (κ2) is 7.66. The van der Waals surface area contributed by atoms with Crippen LogP contribution in [0.2, 0.25) is 0 Å². The lowest BCUT2D eigenvalue weighted by Crippen LogP contribution is -2.33. The van der Waals surface area contributed by atoms with Gasteiger partial charge >= 0.3 is 0 Å². The number of thiophene rings is 1. The van der Waals surface area contributed by atoms with Gasteiger partial charge in [0.15, 0.2) is 0 Å². The van der Waals surface area contributed by atoms with Gasteiger partial charge in [-0.15, -0.1) is 11.3 Å². The van der Waals surface area contributed by atoms with Crippen LogP contribution in [0.3, 0.4) is 0 Å². The molecule has 1 unspecified atom stereocenters. The first-order valence-corrected chi connectivity index (χ1v) is 10.2. The van der Waals surface area contributed by atoms with Gasteiger partial charge in [0, 0.05) is 10.7 Å². The summed E-state index contributed by atoms with van der Waals surface area (Å²) in [4.78, 5) is 0. The molecule has 1 fully saturated rings. The molecule has 21 heavy (non-hydrogen) atoms. The first kappa shape index (κ1) is 15.4. The Morgan fingerprint density at radius 2 is 2.05 bits per heavy atom. The molecule has 0 bridgehead atoms. The van der Waals surface area contributed by atoms with E-state index in [1.54, 1.807) is 0 Å². The SMILES string of the molecule is CCNC(Cc1csc2ccccc12)CC1CCSCC1. The molecule has 1 atom stereocenters. The topological polar surface area (TPSA) is 12.0 Å². The summed E-state index contributed by atoms with van der Waals surface area (Å²) in [7, 11) is 0. The molecule has 2 heterocycles. The Kier molecular flexibility index (Phi) is 5.61. The van der Waals surface area contributed by atoms with Crippen LogP contribution in [0.5, 0.6) is 0 Å². The molecule has 3 rings (SSSR count). The largest absolute Gasteiger partial charge is 0.314 e. The van der Waals surface area contributed by atoms with Gasteiger partial charge in [0.2, 0.25) is 0 Å². The molecule has 114 valence electrons. The van der Waals surface area contributed by atoms with Crippen LogP contribution in [0.25, 0.3) is 10.1 Å². The number of benzene rings is 1. The predicted molar refractivity (Wildman–Crippen MR) is 97.7 cm³/mol. The number of rotatable bonds is 6. The molecule has 1 aliphatic rings. The minimum atomic E-state index is 0.640. The molecule has 3 heteroatoms. The van der Waals surface area contributed by atoms with Crippen LogP contribution in [0, 0.1) is 5.92 Å².